The van der Waals surface area contributed by atoms with E-state index in [2.05, 4.69) is 11.7 Å². The molecule has 4 N–H and O–H groups in total. The van der Waals surface area contributed by atoms with Gasteiger partial charge in [0.05, 0.1) is 0 Å². The van der Waals surface area contributed by atoms with E-state index in [1.54, 1.807) is 0 Å². The van der Waals surface area contributed by atoms with Gasteiger partial charge in [-0.05, 0) is 0 Å². The highest BCUT2D eigenvalue weighted by Gasteiger charge is 2.09. The van der Waals surface area contributed by atoms with E-state index in [1.165, 1.54) is 0 Å². The molecule has 0 unspecified atom stereocenters. The monoisotopic (exact) mass is 190 g/mol. The van der Waals surface area contributed by atoms with E-state index in [4.69, 9.17) is 23.6 Å². The van der Waals surface area contributed by atoms with Crippen molar-refractivity contribution >= 4 is 29.6 Å². The number of amides is 2. The van der Waals surface area contributed by atoms with Crippen molar-refractivity contribution in [3.8, 4) is 0 Å². The Hall–Kier alpha value is -0.230. The Bertz CT molecular complexity index is 86.5. The van der Waals surface area contributed by atoms with Crippen molar-refractivity contribution in [1.29, 1.82) is 0 Å². The van der Waals surface area contributed by atoms with E-state index in [1.807, 2.05) is 0 Å². The molecule has 0 heterocycles. The highest BCUT2D eigenvalue weighted by Crippen LogP contribution is 1.92. The molecule has 7 heteroatoms. The van der Waals surface area contributed by atoms with Gasteiger partial charge in [-0.3, -0.25) is 0 Å². The van der Waals surface area contributed by atoms with Gasteiger partial charge in [0.2, 0.25) is 0 Å². The molecule has 0 aliphatic carbocycles. The molecule has 10 heavy (non-hydrogen) atoms. The number of carbonyl (C=O) groups excluding carboxylic acids is 1. The lowest BCUT2D eigenvalue weighted by Crippen LogP contribution is -2.40. The van der Waals surface area contributed by atoms with E-state index in [-0.39, 0.29) is 23.9 Å². The lowest BCUT2D eigenvalue weighted by atomic mass is 11.1. The number of hydrogen-bond acceptors (Lipinski definition) is 3. The molecule has 0 spiro atoms. The van der Waals surface area contributed by atoms with Gasteiger partial charge < -0.3 is 0 Å². The Kier molecular flexibility index (Phi) is 11.3. The summed E-state index contributed by atoms with van der Waals surface area (Å²) in [4.78, 5) is 10.2. The minimum absolute atomic E-state index is 0. The van der Waals surface area contributed by atoms with Crippen molar-refractivity contribution in [2.24, 2.45) is 11.7 Å². The number of hydrogen-bond donors (Lipinski definition) is 2. The second kappa shape index (κ2) is 6.88. The first kappa shape index (κ1) is 16.4. The molecule has 0 saturated carbocycles. The van der Waals surface area contributed by atoms with E-state index < -0.39 is 6.03 Å². The number of halogens is 2. The quantitative estimate of drug-likeness (QED) is 0.260. The minimum Gasteiger partial charge on any atom is -0.243 e. The zero-order valence-electron chi connectivity index (χ0n) is 3.71. The summed E-state index contributed by atoms with van der Waals surface area (Å²) >= 11 is 9.76. The van der Waals surface area contributed by atoms with Gasteiger partial charge in [0, 0.05) is 23.6 Å². The van der Waals surface area contributed by atoms with E-state index in [9.17, 15) is 4.79 Å². The van der Waals surface area contributed by atoms with Crippen LogP contribution in [-0.4, -0.2) is 15.1 Å². The maximum Gasteiger partial charge on any atom is 0.378 e. The number of nitrogens with zero attached hydrogens (tertiary/aromatic N) is 2. The third-order valence-corrected chi connectivity index (χ3v) is 0.655. The van der Waals surface area contributed by atoms with Crippen molar-refractivity contribution in [2.45, 2.75) is 14.9 Å². The second-order valence-corrected chi connectivity index (χ2v) is 1.63. The van der Waals surface area contributed by atoms with Crippen molar-refractivity contribution in [3.05, 3.63) is 0 Å². The second-order valence-electron chi connectivity index (χ2n) is 0.905. The summed E-state index contributed by atoms with van der Waals surface area (Å²) in [7, 11) is 0. The van der Waals surface area contributed by atoms with Crippen LogP contribution in [0.15, 0.2) is 0 Å². The summed E-state index contributed by atoms with van der Waals surface area (Å²) in [5.41, 5.74) is 0. The molecule has 0 aliphatic rings. The van der Waals surface area contributed by atoms with Gasteiger partial charge in [-0.1, -0.05) is 14.9 Å². The minimum atomic E-state index is -0.895. The third-order valence-electron chi connectivity index (χ3n) is 0.365. The predicted octanol–water partition coefficient (Wildman–Crippen LogP) is 1.04. The Morgan fingerprint density at radius 3 is 1.30 bits per heavy atom. The zero-order valence-corrected chi connectivity index (χ0v) is 5.23. The van der Waals surface area contributed by atoms with Crippen molar-refractivity contribution in [1.82, 2.24) is 9.06 Å². The first-order valence-corrected chi connectivity index (χ1v) is 2.18. The summed E-state index contributed by atoms with van der Waals surface area (Å²) in [6, 6.07) is -0.895. The van der Waals surface area contributed by atoms with Crippen LogP contribution in [0.4, 0.5) is 4.79 Å². The highest BCUT2D eigenvalue weighted by atomic mass is 35.5. The number of urea groups is 1. The molecule has 0 aromatic carbocycles. The van der Waals surface area contributed by atoms with Crippen molar-refractivity contribution < 1.29 is 4.79 Å². The Balaban J connectivity index is -0.000000245. The smallest absolute Gasteiger partial charge is 0.243 e. The lowest BCUT2D eigenvalue weighted by Gasteiger charge is -2.09. The molecule has 0 rings (SSSR count). The van der Waals surface area contributed by atoms with Crippen LogP contribution >= 0.6 is 23.6 Å². The maximum absolute atomic E-state index is 10.2. The average molecular weight is 191 g/mol. The topological polar surface area (TPSA) is 75.6 Å². The molecule has 0 bridgehead atoms. The van der Waals surface area contributed by atoms with Gasteiger partial charge in [-0.25, -0.2) is 16.5 Å². The van der Waals surface area contributed by atoms with Crippen LogP contribution in [0.2, 0.25) is 0 Å². The van der Waals surface area contributed by atoms with Gasteiger partial charge in [-0.15, -0.1) is 0 Å². The van der Waals surface area contributed by atoms with E-state index in [0.29, 0.717) is 0 Å². The molecule has 0 atom stereocenters. The fourth-order valence-electron chi connectivity index (χ4n) is 0.0913. The molecule has 5 nitrogen and oxygen atoms in total. The Morgan fingerprint density at radius 1 is 1.10 bits per heavy atom. The molecular weight excluding hydrogens is 179 g/mol. The summed E-state index contributed by atoms with van der Waals surface area (Å²) < 4.78 is 0.486. The largest absolute Gasteiger partial charge is 0.378 e. The van der Waals surface area contributed by atoms with Gasteiger partial charge in [-0.2, -0.15) is 9.06 Å². The van der Waals surface area contributed by atoms with Crippen molar-refractivity contribution in [3.63, 3.8) is 0 Å². The fraction of sp³-hybridized carbons (Fsp3) is 0.667. The maximum atomic E-state index is 10.2. The van der Waals surface area contributed by atoms with Crippen LogP contribution in [0.25, 0.3) is 0 Å². The molecule has 0 aliphatic heterocycles. The molecule has 0 radical (unpaired) electrons. The molecule has 2 amide bonds. The van der Waals surface area contributed by atoms with Crippen LogP contribution in [0.5, 0.6) is 0 Å². The van der Waals surface area contributed by atoms with Crippen LogP contribution in [-0.2, 0) is 0 Å². The first-order valence-electron chi connectivity index (χ1n) is 1.51. The molecule has 0 aromatic heterocycles. The van der Waals surface area contributed by atoms with Gasteiger partial charge in [0.15, 0.2) is 0 Å². The average Bonchev–Trinajstić information content (AvgIpc) is 1.64. The number of carbonyl (C=O) groups is 1. The SMILES string of the molecule is C.C.NN(Cl)C(=O)N(N)Cl. The molecule has 0 fully saturated rings. The predicted molar refractivity (Wildman–Crippen MR) is 42.6 cm³/mol. The number of nitrogens with two attached hydrogens (primary N) is 2. The van der Waals surface area contributed by atoms with Crippen LogP contribution < -0.4 is 11.7 Å². The Morgan fingerprint density at radius 2 is 1.30 bits per heavy atom. The standard InChI is InChI=1S/CH4Cl2N4O.2CH4/c2-6(4)1(8)7(3)5;;/h4-5H2;2*1H4. The van der Waals surface area contributed by atoms with Gasteiger partial charge >= 0.3 is 6.03 Å². The summed E-state index contributed by atoms with van der Waals surface area (Å²) in [6.07, 6.45) is 0. The summed E-state index contributed by atoms with van der Waals surface area (Å²) in [5, 5.41) is 0. The van der Waals surface area contributed by atoms with E-state index >= 15 is 0 Å². The molecule has 0 aromatic rings. The normalized spacial score (nSPS) is 6.80. The lowest BCUT2D eigenvalue weighted by molar-refractivity contribution is 0.207. The number of rotatable bonds is 0. The zero-order chi connectivity index (χ0) is 6.73. The molecular formula is C3H12Cl2N4O. The summed E-state index contributed by atoms with van der Waals surface area (Å²) in [5.74, 6) is 9.36. The summed E-state index contributed by atoms with van der Waals surface area (Å²) in [6.45, 7) is 0. The number of hydrazine groups is 2. The van der Waals surface area contributed by atoms with Gasteiger partial charge in [0.25, 0.3) is 0 Å². The Labute approximate surface area is 70.6 Å². The third kappa shape index (κ3) is 5.90. The van der Waals surface area contributed by atoms with Crippen LogP contribution in [0.3, 0.4) is 0 Å². The van der Waals surface area contributed by atoms with Gasteiger partial charge in [0.1, 0.15) is 0 Å². The highest BCUT2D eigenvalue weighted by molar-refractivity contribution is 6.26. The fourth-order valence-corrected chi connectivity index (χ4v) is 0.293. The molecule has 0 saturated heterocycles. The van der Waals surface area contributed by atoms with Crippen LogP contribution in [0, 0.1) is 0 Å². The first-order chi connectivity index (χ1) is 3.55. The van der Waals surface area contributed by atoms with Crippen LogP contribution in [0.1, 0.15) is 14.9 Å². The van der Waals surface area contributed by atoms with E-state index in [0.717, 1.165) is 0 Å². The van der Waals surface area contributed by atoms with Crippen molar-refractivity contribution in [2.75, 3.05) is 0 Å². The molecule has 64 valence electrons.